The number of nitrogens with zero attached hydrogens (tertiary/aromatic N) is 1. The van der Waals surface area contributed by atoms with Crippen molar-refractivity contribution in [2.24, 2.45) is 23.5 Å². The van der Waals surface area contributed by atoms with Crippen molar-refractivity contribution in [3.05, 3.63) is 40.7 Å². The van der Waals surface area contributed by atoms with Crippen LogP contribution >= 0.6 is 0 Å². The molecule has 0 saturated heterocycles. The molecule has 3 aliphatic rings. The van der Waals surface area contributed by atoms with Gasteiger partial charge in [0.2, 0.25) is 5.78 Å². The van der Waals surface area contributed by atoms with Crippen LogP contribution in [0.3, 0.4) is 0 Å². The molecule has 6 atom stereocenters. The topological polar surface area (TPSA) is 138 Å². The van der Waals surface area contributed by atoms with Crippen LogP contribution in [-0.4, -0.2) is 64.1 Å². The number of rotatable bonds is 3. The Bertz CT molecular complexity index is 1100. The molecule has 0 bridgehead atoms. The number of phenolic OH excluding ortho intramolecular Hbond substituents is 1. The van der Waals surface area contributed by atoms with Crippen molar-refractivity contribution in [2.45, 2.75) is 37.3 Å². The van der Waals surface area contributed by atoms with Crippen LogP contribution in [0.1, 0.15) is 41.6 Å². The van der Waals surface area contributed by atoms with Gasteiger partial charge in [0, 0.05) is 17.5 Å². The Kier molecular flexibility index (Phi) is 5.09. The van der Waals surface area contributed by atoms with Crippen molar-refractivity contribution >= 4 is 23.3 Å². The number of halogens is 1. The minimum atomic E-state index is -2.62. The summed E-state index contributed by atoms with van der Waals surface area (Å²) in [6.07, 6.45) is 1.80. The third kappa shape index (κ3) is 2.74. The van der Waals surface area contributed by atoms with Gasteiger partial charge >= 0.3 is 0 Å². The molecule has 1 aromatic rings. The van der Waals surface area contributed by atoms with Gasteiger partial charge in [-0.1, -0.05) is 13.0 Å². The van der Waals surface area contributed by atoms with E-state index in [1.165, 1.54) is 6.08 Å². The number of amides is 1. The number of aliphatic hydroxyl groups is 1. The molecule has 1 fully saturated rings. The number of hydrogen-bond donors (Lipinski definition) is 3. The lowest BCUT2D eigenvalue weighted by atomic mass is 9.52. The van der Waals surface area contributed by atoms with Gasteiger partial charge in [0.1, 0.15) is 11.6 Å². The molecule has 8 nitrogen and oxygen atoms in total. The maximum Gasteiger partial charge on any atom is 0.252 e. The monoisotopic (exact) mass is 444 g/mol. The van der Waals surface area contributed by atoms with Gasteiger partial charge < -0.3 is 20.8 Å². The number of primary amides is 1. The van der Waals surface area contributed by atoms with Crippen LogP contribution in [0, 0.1) is 23.6 Å². The quantitative estimate of drug-likeness (QED) is 0.461. The number of Topliss-reactive ketones (excluding diaryl/α,β-unsaturated/α-hetero) is 3. The third-order valence-electron chi connectivity index (χ3n) is 7.38. The summed E-state index contributed by atoms with van der Waals surface area (Å²) in [7, 11) is 3.34. The molecule has 0 aliphatic heterocycles. The number of nitrogens with two attached hydrogens (primary N) is 1. The summed E-state index contributed by atoms with van der Waals surface area (Å²) in [5.74, 6) is -8.80. The first kappa shape index (κ1) is 22.3. The number of likely N-dealkylation sites (N-methyl/N-ethyl adjacent to an activating group) is 1. The molecule has 4 rings (SSSR count). The Labute approximate surface area is 183 Å². The first-order valence-electron chi connectivity index (χ1n) is 10.5. The number of fused-ring (bicyclic) bond motifs is 3. The van der Waals surface area contributed by atoms with Gasteiger partial charge in [-0.3, -0.25) is 19.2 Å². The standard InChI is InChI=1S/C23H25FN2O6/c1-4-9-10-7-12-14(26(2)3)8-11(22(25)31)20(29)23(12,32)21(30)17(10)19(28)18-15(27)6-5-13(24)16(9)18/h5-6,8-10,12,14,17,27,32H,4,7H2,1-3H3,(H2,25,31)/t9-,10-,12+,14-,17?,23-/m1/s1. The largest absolute Gasteiger partial charge is 0.507 e. The highest BCUT2D eigenvalue weighted by Crippen LogP contribution is 2.55. The summed E-state index contributed by atoms with van der Waals surface area (Å²) < 4.78 is 14.8. The Balaban J connectivity index is 1.94. The fourth-order valence-electron chi connectivity index (χ4n) is 5.94. The highest BCUT2D eigenvalue weighted by molar-refractivity contribution is 6.32. The van der Waals surface area contributed by atoms with Crippen molar-refractivity contribution in [3.8, 4) is 5.75 Å². The van der Waals surface area contributed by atoms with E-state index in [9.17, 15) is 33.8 Å². The van der Waals surface area contributed by atoms with Gasteiger partial charge in [-0.25, -0.2) is 4.39 Å². The predicted octanol–water partition coefficient (Wildman–Crippen LogP) is 0.698. The molecule has 1 saturated carbocycles. The average molecular weight is 444 g/mol. The zero-order valence-electron chi connectivity index (χ0n) is 18.0. The van der Waals surface area contributed by atoms with Crippen LogP contribution < -0.4 is 5.73 Å². The SMILES string of the molecule is CC[C@H]1c2c(F)ccc(O)c2C(=O)C2C(=O)[C@]3(O)C(=O)C(C(N)=O)=C[C@@H](N(C)C)[C@@H]3C[C@@H]21. The van der Waals surface area contributed by atoms with Crippen LogP contribution in [0.25, 0.3) is 0 Å². The van der Waals surface area contributed by atoms with Gasteiger partial charge in [-0.15, -0.1) is 0 Å². The summed E-state index contributed by atoms with van der Waals surface area (Å²) in [5, 5.41) is 21.8. The molecule has 170 valence electrons. The number of benzene rings is 1. The average Bonchev–Trinajstić information content (AvgIpc) is 2.72. The Morgan fingerprint density at radius 3 is 2.50 bits per heavy atom. The second kappa shape index (κ2) is 7.31. The molecule has 0 spiro atoms. The molecule has 1 amide bonds. The van der Waals surface area contributed by atoms with E-state index in [1.54, 1.807) is 25.9 Å². The molecule has 3 aliphatic carbocycles. The number of phenols is 1. The van der Waals surface area contributed by atoms with Crippen molar-refractivity contribution in [3.63, 3.8) is 0 Å². The van der Waals surface area contributed by atoms with Crippen LogP contribution in [-0.2, 0) is 14.4 Å². The lowest BCUT2D eigenvalue weighted by molar-refractivity contribution is -0.169. The molecular weight excluding hydrogens is 419 g/mol. The first-order chi connectivity index (χ1) is 15.0. The van der Waals surface area contributed by atoms with Crippen molar-refractivity contribution < 1.29 is 33.8 Å². The summed E-state index contributed by atoms with van der Waals surface area (Å²) in [6.45, 7) is 1.79. The summed E-state index contributed by atoms with van der Waals surface area (Å²) in [5.41, 5.74) is 2.01. The lowest BCUT2D eigenvalue weighted by Gasteiger charge is -2.52. The van der Waals surface area contributed by atoms with Gasteiger partial charge in [0.15, 0.2) is 17.2 Å². The van der Waals surface area contributed by atoms with Crippen molar-refractivity contribution in [1.29, 1.82) is 0 Å². The van der Waals surface area contributed by atoms with Crippen LogP contribution in [0.5, 0.6) is 5.75 Å². The number of aromatic hydroxyl groups is 1. The molecule has 0 heterocycles. The molecule has 9 heteroatoms. The molecule has 0 radical (unpaired) electrons. The second-order valence-corrected chi connectivity index (χ2v) is 9.08. The highest BCUT2D eigenvalue weighted by Gasteiger charge is 2.66. The molecule has 4 N–H and O–H groups in total. The van der Waals surface area contributed by atoms with Crippen molar-refractivity contribution in [2.75, 3.05) is 14.1 Å². The zero-order valence-corrected chi connectivity index (χ0v) is 18.0. The first-order valence-corrected chi connectivity index (χ1v) is 10.5. The maximum atomic E-state index is 14.8. The lowest BCUT2D eigenvalue weighted by Crippen LogP contribution is -2.68. The highest BCUT2D eigenvalue weighted by atomic mass is 19.1. The predicted molar refractivity (Wildman–Crippen MR) is 110 cm³/mol. The van der Waals surface area contributed by atoms with Crippen LogP contribution in [0.4, 0.5) is 4.39 Å². The Morgan fingerprint density at radius 1 is 1.28 bits per heavy atom. The van der Waals surface area contributed by atoms with E-state index >= 15 is 0 Å². The molecule has 1 aromatic carbocycles. The van der Waals surface area contributed by atoms with E-state index in [-0.39, 0.29) is 17.5 Å². The fourth-order valence-corrected chi connectivity index (χ4v) is 5.94. The molecule has 0 aromatic heterocycles. The maximum absolute atomic E-state index is 14.8. The summed E-state index contributed by atoms with van der Waals surface area (Å²) >= 11 is 0. The summed E-state index contributed by atoms with van der Waals surface area (Å²) in [4.78, 5) is 53.7. The molecule has 32 heavy (non-hydrogen) atoms. The van der Waals surface area contributed by atoms with Gasteiger partial charge in [-0.05, 0) is 50.9 Å². The van der Waals surface area contributed by atoms with E-state index in [2.05, 4.69) is 0 Å². The molecular formula is C23H25FN2O6. The summed E-state index contributed by atoms with van der Waals surface area (Å²) in [6, 6.07) is 1.44. The smallest absolute Gasteiger partial charge is 0.252 e. The zero-order chi connectivity index (χ0) is 23.7. The van der Waals surface area contributed by atoms with Crippen molar-refractivity contribution in [1.82, 2.24) is 4.90 Å². The Morgan fingerprint density at radius 2 is 1.94 bits per heavy atom. The fraction of sp³-hybridized carbons (Fsp3) is 0.478. The van der Waals surface area contributed by atoms with Crippen LogP contribution in [0.15, 0.2) is 23.8 Å². The number of carbonyl (C=O) groups excluding carboxylic acids is 4. The van der Waals surface area contributed by atoms with Crippen LogP contribution in [0.2, 0.25) is 0 Å². The number of ketones is 3. The minimum absolute atomic E-state index is 0.0638. The second-order valence-electron chi connectivity index (χ2n) is 9.08. The minimum Gasteiger partial charge on any atom is -0.507 e. The van der Waals surface area contributed by atoms with Gasteiger partial charge in [-0.2, -0.15) is 0 Å². The third-order valence-corrected chi connectivity index (χ3v) is 7.38. The van der Waals surface area contributed by atoms with E-state index in [1.807, 2.05) is 0 Å². The normalized spacial score (nSPS) is 34.0. The van der Waals surface area contributed by atoms with E-state index in [4.69, 9.17) is 5.73 Å². The van der Waals surface area contributed by atoms with Gasteiger partial charge in [0.25, 0.3) is 5.91 Å². The number of carbonyl (C=O) groups is 4. The number of hydrogen-bond acceptors (Lipinski definition) is 7. The Hall–Kier alpha value is -2.91. The van der Waals surface area contributed by atoms with E-state index in [0.29, 0.717) is 6.42 Å². The van der Waals surface area contributed by atoms with E-state index < -0.39 is 75.7 Å². The molecule has 1 unspecified atom stereocenters. The van der Waals surface area contributed by atoms with Gasteiger partial charge in [0.05, 0.1) is 17.1 Å². The van der Waals surface area contributed by atoms with E-state index in [0.717, 1.165) is 12.1 Å².